The summed E-state index contributed by atoms with van der Waals surface area (Å²) in [5, 5.41) is 11.6. The highest BCUT2D eigenvalue weighted by molar-refractivity contribution is 9.11. The number of hydrogen-bond donors (Lipinski definition) is 2. The Kier molecular flexibility index (Phi) is 4.61. The number of rotatable bonds is 3. The molecule has 7 heteroatoms. The molecule has 0 aromatic heterocycles. The van der Waals surface area contributed by atoms with Gasteiger partial charge in [-0.05, 0) is 52.3 Å². The summed E-state index contributed by atoms with van der Waals surface area (Å²) in [5.74, 6) is 0.0677. The van der Waals surface area contributed by atoms with Crippen LogP contribution in [0.2, 0.25) is 0 Å². The number of oxime groups is 1. The standard InChI is InChI=1S/C13H9Br2FN2O2/c14-7-1-3-12(10(15)5-7)20-11-4-2-8(16)6-9(11)13(17)18-19/h1-6,19H,(H2,17,18). The predicted octanol–water partition coefficient (Wildman–Crippen LogP) is 4.24. The molecule has 0 fully saturated rings. The molecule has 0 atom stereocenters. The van der Waals surface area contributed by atoms with Gasteiger partial charge in [0.1, 0.15) is 17.3 Å². The van der Waals surface area contributed by atoms with E-state index in [9.17, 15) is 4.39 Å². The van der Waals surface area contributed by atoms with E-state index < -0.39 is 5.82 Å². The first kappa shape index (κ1) is 14.8. The Bertz CT molecular complexity index is 677. The number of halogens is 3. The van der Waals surface area contributed by atoms with Gasteiger partial charge in [-0.1, -0.05) is 21.1 Å². The second-order valence-electron chi connectivity index (χ2n) is 3.80. The first-order chi connectivity index (χ1) is 9.51. The molecule has 4 nitrogen and oxygen atoms in total. The molecule has 0 aliphatic heterocycles. The van der Waals surface area contributed by atoms with Crippen LogP contribution in [-0.2, 0) is 0 Å². The number of nitrogens with two attached hydrogens (primary N) is 1. The molecule has 0 spiro atoms. The Morgan fingerprint density at radius 1 is 1.15 bits per heavy atom. The van der Waals surface area contributed by atoms with E-state index in [0.29, 0.717) is 10.2 Å². The maximum Gasteiger partial charge on any atom is 0.173 e. The van der Waals surface area contributed by atoms with Crippen molar-refractivity contribution in [1.29, 1.82) is 0 Å². The molecule has 0 saturated carbocycles. The number of amidine groups is 1. The zero-order valence-corrected chi connectivity index (χ0v) is 13.2. The zero-order valence-electron chi connectivity index (χ0n) is 9.98. The molecule has 0 saturated heterocycles. The monoisotopic (exact) mass is 402 g/mol. The highest BCUT2D eigenvalue weighted by Gasteiger charge is 2.12. The molecule has 104 valence electrons. The molecule has 2 rings (SSSR count). The van der Waals surface area contributed by atoms with E-state index in [4.69, 9.17) is 15.7 Å². The third kappa shape index (κ3) is 3.29. The van der Waals surface area contributed by atoms with Crippen LogP contribution in [0.4, 0.5) is 4.39 Å². The first-order valence-corrected chi connectivity index (χ1v) is 7.00. The molecule has 20 heavy (non-hydrogen) atoms. The van der Waals surface area contributed by atoms with E-state index in [1.54, 1.807) is 12.1 Å². The Labute approximate surface area is 131 Å². The highest BCUT2D eigenvalue weighted by atomic mass is 79.9. The SMILES string of the molecule is NC(=NO)c1cc(F)ccc1Oc1ccc(Br)cc1Br. The number of nitrogens with zero attached hydrogens (tertiary/aromatic N) is 1. The molecule has 3 N–H and O–H groups in total. The van der Waals surface area contributed by atoms with Crippen LogP contribution in [0.15, 0.2) is 50.5 Å². The van der Waals surface area contributed by atoms with Crippen molar-refractivity contribution >= 4 is 37.7 Å². The van der Waals surface area contributed by atoms with E-state index in [0.717, 1.165) is 10.5 Å². The average molecular weight is 404 g/mol. The van der Waals surface area contributed by atoms with Gasteiger partial charge in [-0.3, -0.25) is 0 Å². The van der Waals surface area contributed by atoms with E-state index in [1.807, 2.05) is 6.07 Å². The number of hydrogen-bond acceptors (Lipinski definition) is 3. The van der Waals surface area contributed by atoms with Crippen molar-refractivity contribution in [2.75, 3.05) is 0 Å². The van der Waals surface area contributed by atoms with Crippen LogP contribution in [0.25, 0.3) is 0 Å². The summed E-state index contributed by atoms with van der Waals surface area (Å²) >= 11 is 6.69. The lowest BCUT2D eigenvalue weighted by molar-refractivity contribution is 0.318. The van der Waals surface area contributed by atoms with Crippen molar-refractivity contribution in [1.82, 2.24) is 0 Å². The minimum absolute atomic E-state index is 0.169. The zero-order chi connectivity index (χ0) is 14.7. The van der Waals surface area contributed by atoms with Crippen LogP contribution in [0.5, 0.6) is 11.5 Å². The van der Waals surface area contributed by atoms with Crippen LogP contribution in [-0.4, -0.2) is 11.0 Å². The van der Waals surface area contributed by atoms with Gasteiger partial charge < -0.3 is 15.7 Å². The van der Waals surface area contributed by atoms with Gasteiger partial charge >= 0.3 is 0 Å². The fourth-order valence-corrected chi connectivity index (χ4v) is 2.65. The summed E-state index contributed by atoms with van der Waals surface area (Å²) in [6.45, 7) is 0. The van der Waals surface area contributed by atoms with Crippen LogP contribution in [0.1, 0.15) is 5.56 Å². The largest absolute Gasteiger partial charge is 0.455 e. The second kappa shape index (κ2) is 6.23. The van der Waals surface area contributed by atoms with Crippen molar-refractivity contribution in [3.05, 3.63) is 56.7 Å². The van der Waals surface area contributed by atoms with Crippen molar-refractivity contribution in [3.8, 4) is 11.5 Å². The molecule has 0 heterocycles. The summed E-state index contributed by atoms with van der Waals surface area (Å²) < 4.78 is 20.5. The van der Waals surface area contributed by atoms with Crippen LogP contribution in [0.3, 0.4) is 0 Å². The van der Waals surface area contributed by atoms with Crippen molar-refractivity contribution in [2.45, 2.75) is 0 Å². The van der Waals surface area contributed by atoms with E-state index in [-0.39, 0.29) is 17.1 Å². The van der Waals surface area contributed by atoms with Gasteiger partial charge in [0.15, 0.2) is 5.84 Å². The van der Waals surface area contributed by atoms with Crippen LogP contribution < -0.4 is 10.5 Å². The Balaban J connectivity index is 2.43. The molecule has 2 aromatic rings. The maximum atomic E-state index is 13.3. The lowest BCUT2D eigenvalue weighted by Gasteiger charge is -2.12. The summed E-state index contributed by atoms with van der Waals surface area (Å²) in [5.41, 5.74) is 5.68. The highest BCUT2D eigenvalue weighted by Crippen LogP contribution is 2.33. The van der Waals surface area contributed by atoms with E-state index in [1.165, 1.54) is 12.1 Å². The minimum Gasteiger partial charge on any atom is -0.455 e. The number of benzene rings is 2. The van der Waals surface area contributed by atoms with Crippen LogP contribution >= 0.6 is 31.9 Å². The minimum atomic E-state index is -0.506. The number of ether oxygens (including phenoxy) is 1. The lowest BCUT2D eigenvalue weighted by Crippen LogP contribution is -2.14. The summed E-state index contributed by atoms with van der Waals surface area (Å²) in [6, 6.07) is 9.12. The summed E-state index contributed by atoms with van der Waals surface area (Å²) in [4.78, 5) is 0. The van der Waals surface area contributed by atoms with Crippen LogP contribution in [0, 0.1) is 5.82 Å². The Hall–Kier alpha value is -1.60. The van der Waals surface area contributed by atoms with Crippen molar-refractivity contribution in [3.63, 3.8) is 0 Å². The molecule has 0 amide bonds. The van der Waals surface area contributed by atoms with Gasteiger partial charge in [-0.15, -0.1) is 0 Å². The molecular formula is C13H9Br2FN2O2. The fourth-order valence-electron chi connectivity index (χ4n) is 1.52. The Morgan fingerprint density at radius 2 is 1.85 bits per heavy atom. The van der Waals surface area contributed by atoms with E-state index in [2.05, 4.69) is 37.0 Å². The molecule has 0 unspecified atom stereocenters. The normalized spacial score (nSPS) is 11.4. The first-order valence-electron chi connectivity index (χ1n) is 5.41. The van der Waals surface area contributed by atoms with Gasteiger partial charge in [-0.2, -0.15) is 0 Å². The molecule has 0 aliphatic carbocycles. The van der Waals surface area contributed by atoms with Crippen molar-refractivity contribution < 1.29 is 14.3 Å². The summed E-state index contributed by atoms with van der Waals surface area (Å²) in [6.07, 6.45) is 0. The molecule has 2 aromatic carbocycles. The molecule has 0 radical (unpaired) electrons. The van der Waals surface area contributed by atoms with Gasteiger partial charge in [0.25, 0.3) is 0 Å². The molecular weight excluding hydrogens is 395 g/mol. The Morgan fingerprint density at radius 3 is 2.50 bits per heavy atom. The average Bonchev–Trinajstić information content (AvgIpc) is 2.42. The third-order valence-corrected chi connectivity index (χ3v) is 3.55. The van der Waals surface area contributed by atoms with Gasteiger partial charge in [-0.25, -0.2) is 4.39 Å². The smallest absolute Gasteiger partial charge is 0.173 e. The predicted molar refractivity (Wildman–Crippen MR) is 80.8 cm³/mol. The fraction of sp³-hybridized carbons (Fsp3) is 0. The van der Waals surface area contributed by atoms with Gasteiger partial charge in [0.2, 0.25) is 0 Å². The third-order valence-electron chi connectivity index (χ3n) is 2.44. The second-order valence-corrected chi connectivity index (χ2v) is 5.57. The summed E-state index contributed by atoms with van der Waals surface area (Å²) in [7, 11) is 0. The van der Waals surface area contributed by atoms with Gasteiger partial charge in [0, 0.05) is 4.47 Å². The molecule has 0 bridgehead atoms. The van der Waals surface area contributed by atoms with E-state index >= 15 is 0 Å². The molecule has 0 aliphatic rings. The lowest BCUT2D eigenvalue weighted by atomic mass is 10.2. The van der Waals surface area contributed by atoms with Gasteiger partial charge in [0.05, 0.1) is 10.0 Å². The topological polar surface area (TPSA) is 67.8 Å². The van der Waals surface area contributed by atoms with Crippen molar-refractivity contribution in [2.24, 2.45) is 10.9 Å². The maximum absolute atomic E-state index is 13.3. The quantitative estimate of drug-likeness (QED) is 0.348.